The molecule has 0 fully saturated rings. The molecule has 0 amide bonds. The molecule has 1 aliphatic rings. The van der Waals surface area contributed by atoms with Crippen LogP contribution in [0.5, 0.6) is 0 Å². The lowest BCUT2D eigenvalue weighted by atomic mass is 9.66. The summed E-state index contributed by atoms with van der Waals surface area (Å²) in [5.41, 5.74) is 19.7. The Balaban J connectivity index is 1.09. The number of furan rings is 1. The molecule has 0 saturated carbocycles. The smallest absolute Gasteiger partial charge is 0.160 e. The van der Waals surface area contributed by atoms with Crippen molar-refractivity contribution in [2.24, 2.45) is 0 Å². The molecule has 3 heteroatoms. The molecular weight excluding hydrogens is 825 g/mol. The molecule has 1 aliphatic carbocycles. The molecule has 0 N–H and O–H groups in total. The van der Waals surface area contributed by atoms with Crippen LogP contribution in [-0.4, -0.2) is 9.97 Å². The molecule has 0 unspecified atom stereocenters. The largest absolute Gasteiger partial charge is 0.455 e. The van der Waals surface area contributed by atoms with E-state index in [1.165, 1.54) is 38.9 Å². The molecule has 13 rings (SSSR count). The summed E-state index contributed by atoms with van der Waals surface area (Å²) in [6, 6.07) is 91.2. The first kappa shape index (κ1) is 39.4. The van der Waals surface area contributed by atoms with Crippen LogP contribution in [-0.2, 0) is 5.41 Å². The van der Waals surface area contributed by atoms with E-state index < -0.39 is 5.41 Å². The fourth-order valence-corrected chi connectivity index (χ4v) is 10.7. The lowest BCUT2D eigenvalue weighted by Gasteiger charge is -2.35. The van der Waals surface area contributed by atoms with E-state index in [9.17, 15) is 0 Å². The fourth-order valence-electron chi connectivity index (χ4n) is 10.7. The molecular formula is C65H42N2O. The summed E-state index contributed by atoms with van der Waals surface area (Å²) < 4.78 is 6.70. The van der Waals surface area contributed by atoms with E-state index in [1.807, 2.05) is 18.2 Å². The van der Waals surface area contributed by atoms with Gasteiger partial charge in [-0.1, -0.05) is 218 Å². The van der Waals surface area contributed by atoms with E-state index in [2.05, 4.69) is 237 Å². The van der Waals surface area contributed by atoms with Crippen molar-refractivity contribution in [2.45, 2.75) is 5.41 Å². The van der Waals surface area contributed by atoms with Crippen LogP contribution in [0, 0.1) is 0 Å². The van der Waals surface area contributed by atoms with Gasteiger partial charge in [-0.2, -0.15) is 0 Å². The molecule has 0 aliphatic heterocycles. The Morgan fingerprint density at radius 3 is 1.57 bits per heavy atom. The Bertz CT molecular complexity index is 3800. The third-order valence-electron chi connectivity index (χ3n) is 13.8. The molecule has 3 nitrogen and oxygen atoms in total. The highest BCUT2D eigenvalue weighted by molar-refractivity contribution is 6.10. The molecule has 10 aromatic carbocycles. The topological polar surface area (TPSA) is 38.9 Å². The molecule has 0 spiro atoms. The SMILES string of the molecule is c1ccc(-c2cccc(-c3cc(-c4cc(-c5cccc6c5C(c5ccccc5)(c5ccccc5)c5ccccc5-6)nc(-c5ccccc5)n4)cc(-c4cccc5c4oc4ccccc45)c3)c2)cc1. The highest BCUT2D eigenvalue weighted by atomic mass is 16.3. The van der Waals surface area contributed by atoms with Gasteiger partial charge in [-0.05, 0) is 97.6 Å². The van der Waals surface area contributed by atoms with Crippen molar-refractivity contribution in [1.29, 1.82) is 0 Å². The van der Waals surface area contributed by atoms with Crippen LogP contribution in [0.1, 0.15) is 22.3 Å². The molecule has 0 saturated heterocycles. The Morgan fingerprint density at radius 2 is 0.809 bits per heavy atom. The summed E-state index contributed by atoms with van der Waals surface area (Å²) in [7, 11) is 0. The van der Waals surface area contributed by atoms with Crippen LogP contribution in [0.15, 0.2) is 259 Å². The third-order valence-corrected chi connectivity index (χ3v) is 13.8. The monoisotopic (exact) mass is 866 g/mol. The van der Waals surface area contributed by atoms with E-state index in [1.54, 1.807) is 0 Å². The Hall–Kier alpha value is -8.92. The first-order chi connectivity index (χ1) is 33.7. The highest BCUT2D eigenvalue weighted by Crippen LogP contribution is 2.58. The predicted molar refractivity (Wildman–Crippen MR) is 279 cm³/mol. The molecule has 2 heterocycles. The minimum absolute atomic E-state index is 0.620. The molecule has 0 radical (unpaired) electrons. The summed E-state index contributed by atoms with van der Waals surface area (Å²) in [5.74, 6) is 0.661. The van der Waals surface area contributed by atoms with Gasteiger partial charge in [0.05, 0.1) is 16.8 Å². The molecule has 68 heavy (non-hydrogen) atoms. The Morgan fingerprint density at radius 1 is 0.309 bits per heavy atom. The van der Waals surface area contributed by atoms with Gasteiger partial charge in [0.25, 0.3) is 0 Å². The summed E-state index contributed by atoms with van der Waals surface area (Å²) in [6.45, 7) is 0. The lowest BCUT2D eigenvalue weighted by molar-refractivity contribution is 0.670. The van der Waals surface area contributed by atoms with Crippen LogP contribution in [0.4, 0.5) is 0 Å². The predicted octanol–water partition coefficient (Wildman–Crippen LogP) is 16.7. The summed E-state index contributed by atoms with van der Waals surface area (Å²) in [5, 5.41) is 2.19. The second-order valence-corrected chi connectivity index (χ2v) is 17.6. The average Bonchev–Trinajstić information content (AvgIpc) is 3.96. The summed E-state index contributed by atoms with van der Waals surface area (Å²) in [6.07, 6.45) is 0. The molecule has 12 aromatic rings. The van der Waals surface area contributed by atoms with Crippen LogP contribution in [0.2, 0.25) is 0 Å². The van der Waals surface area contributed by atoms with Crippen LogP contribution in [0.25, 0.3) is 100 Å². The minimum atomic E-state index is -0.620. The van der Waals surface area contributed by atoms with E-state index in [4.69, 9.17) is 14.4 Å². The second-order valence-electron chi connectivity index (χ2n) is 17.6. The molecule has 318 valence electrons. The van der Waals surface area contributed by atoms with E-state index in [0.717, 1.165) is 77.8 Å². The normalized spacial score (nSPS) is 12.5. The van der Waals surface area contributed by atoms with E-state index in [0.29, 0.717) is 5.82 Å². The number of hydrogen-bond donors (Lipinski definition) is 0. The van der Waals surface area contributed by atoms with Gasteiger partial charge in [0.15, 0.2) is 5.82 Å². The first-order valence-corrected chi connectivity index (χ1v) is 23.2. The van der Waals surface area contributed by atoms with Crippen molar-refractivity contribution in [3.05, 3.63) is 277 Å². The lowest BCUT2D eigenvalue weighted by Crippen LogP contribution is -2.29. The maximum Gasteiger partial charge on any atom is 0.160 e. The number of hydrogen-bond acceptors (Lipinski definition) is 3. The molecule has 0 bridgehead atoms. The van der Waals surface area contributed by atoms with Gasteiger partial charge in [-0.25, -0.2) is 9.97 Å². The first-order valence-electron chi connectivity index (χ1n) is 23.2. The maximum absolute atomic E-state index is 6.70. The van der Waals surface area contributed by atoms with Gasteiger partial charge in [-0.3, -0.25) is 0 Å². The van der Waals surface area contributed by atoms with E-state index >= 15 is 0 Å². The minimum Gasteiger partial charge on any atom is -0.455 e. The van der Waals surface area contributed by atoms with Gasteiger partial charge in [0, 0.05) is 33.0 Å². The highest BCUT2D eigenvalue weighted by Gasteiger charge is 2.47. The zero-order chi connectivity index (χ0) is 45.0. The van der Waals surface area contributed by atoms with Crippen LogP contribution >= 0.6 is 0 Å². The number of nitrogens with zero attached hydrogens (tertiary/aromatic N) is 2. The van der Waals surface area contributed by atoms with E-state index in [-0.39, 0.29) is 0 Å². The second kappa shape index (κ2) is 16.2. The third kappa shape index (κ3) is 6.43. The number of fused-ring (bicyclic) bond motifs is 6. The standard InChI is InChI=1S/C65H42N2O/c1-5-20-43(21-6-1)45-24-17-25-46(38-45)47-39-48(52-32-18-34-56-54-31-14-16-37-61(54)68-63(52)56)41-49(40-47)59-42-60(67-64(66-59)44-22-7-2-8-23-44)57-35-19-33-55-53-30-13-15-36-58(53)65(62(55)57,50-26-9-3-10-27-50)51-28-11-4-12-29-51/h1-42H. The van der Waals surface area contributed by atoms with Crippen molar-refractivity contribution in [3.63, 3.8) is 0 Å². The van der Waals surface area contributed by atoms with Crippen molar-refractivity contribution >= 4 is 21.9 Å². The van der Waals surface area contributed by atoms with Gasteiger partial charge in [-0.15, -0.1) is 0 Å². The quantitative estimate of drug-likeness (QED) is 0.153. The number of benzene rings is 10. The fraction of sp³-hybridized carbons (Fsp3) is 0.0154. The van der Waals surface area contributed by atoms with Crippen molar-refractivity contribution in [3.8, 4) is 78.4 Å². The van der Waals surface area contributed by atoms with Gasteiger partial charge in [0.2, 0.25) is 0 Å². The number of rotatable bonds is 8. The number of para-hydroxylation sites is 2. The van der Waals surface area contributed by atoms with Crippen molar-refractivity contribution in [1.82, 2.24) is 9.97 Å². The van der Waals surface area contributed by atoms with Crippen LogP contribution in [0.3, 0.4) is 0 Å². The molecule has 0 atom stereocenters. The van der Waals surface area contributed by atoms with Crippen molar-refractivity contribution < 1.29 is 4.42 Å². The van der Waals surface area contributed by atoms with Crippen molar-refractivity contribution in [2.75, 3.05) is 0 Å². The maximum atomic E-state index is 6.70. The summed E-state index contributed by atoms with van der Waals surface area (Å²) in [4.78, 5) is 11.0. The average molecular weight is 867 g/mol. The zero-order valence-corrected chi connectivity index (χ0v) is 37.1. The summed E-state index contributed by atoms with van der Waals surface area (Å²) >= 11 is 0. The van der Waals surface area contributed by atoms with Gasteiger partial charge >= 0.3 is 0 Å². The van der Waals surface area contributed by atoms with Gasteiger partial charge < -0.3 is 4.42 Å². The number of aromatic nitrogens is 2. The Labute approximate surface area is 395 Å². The van der Waals surface area contributed by atoms with Crippen LogP contribution < -0.4 is 0 Å². The van der Waals surface area contributed by atoms with Gasteiger partial charge in [0.1, 0.15) is 11.2 Å². The zero-order valence-electron chi connectivity index (χ0n) is 37.1. The molecule has 2 aromatic heterocycles. The Kier molecular flexibility index (Phi) is 9.40.